The van der Waals surface area contributed by atoms with Gasteiger partial charge in [-0.2, -0.15) is 0 Å². The molecule has 1 aromatic heterocycles. The van der Waals surface area contributed by atoms with Crippen molar-refractivity contribution in [1.82, 2.24) is 9.97 Å². The van der Waals surface area contributed by atoms with Crippen molar-refractivity contribution < 1.29 is 4.74 Å². The molecule has 2 rings (SSSR count). The maximum Gasteiger partial charge on any atom is 0.226 e. The van der Waals surface area contributed by atoms with Crippen molar-refractivity contribution in [3.8, 4) is 11.6 Å². The maximum absolute atomic E-state index is 5.98. The lowest BCUT2D eigenvalue weighted by Crippen LogP contribution is -1.98. The molecule has 1 heterocycles. The molecule has 3 nitrogen and oxygen atoms in total. The summed E-state index contributed by atoms with van der Waals surface area (Å²) in [6, 6.07) is 6.19. The van der Waals surface area contributed by atoms with Crippen LogP contribution in [0.15, 0.2) is 24.5 Å². The first kappa shape index (κ1) is 13.8. The third kappa shape index (κ3) is 3.04. The van der Waals surface area contributed by atoms with Crippen LogP contribution < -0.4 is 4.74 Å². The highest BCUT2D eigenvalue weighted by molar-refractivity contribution is 6.30. The first-order valence-corrected chi connectivity index (χ1v) is 6.62. The van der Waals surface area contributed by atoms with Gasteiger partial charge >= 0.3 is 0 Å². The van der Waals surface area contributed by atoms with E-state index in [4.69, 9.17) is 16.3 Å². The monoisotopic (exact) mass is 276 g/mol. The molecule has 2 aromatic rings. The Bertz CT molecular complexity index is 597. The normalized spacial score (nSPS) is 10.8. The molecule has 0 unspecified atom stereocenters. The van der Waals surface area contributed by atoms with E-state index in [0.29, 0.717) is 17.0 Å². The number of halogens is 1. The number of hydrogen-bond acceptors (Lipinski definition) is 3. The van der Waals surface area contributed by atoms with E-state index in [2.05, 4.69) is 35.9 Å². The van der Waals surface area contributed by atoms with E-state index in [9.17, 15) is 0 Å². The second-order valence-corrected chi connectivity index (χ2v) is 5.25. The average molecular weight is 277 g/mol. The van der Waals surface area contributed by atoms with Crippen LogP contribution in [-0.2, 0) is 0 Å². The third-order valence-electron chi connectivity index (χ3n) is 2.97. The number of ether oxygens (including phenoxy) is 1. The Balaban J connectivity index is 2.42. The van der Waals surface area contributed by atoms with Crippen molar-refractivity contribution in [3.05, 3.63) is 46.4 Å². The minimum absolute atomic E-state index is 0.383. The topological polar surface area (TPSA) is 35.0 Å². The first-order chi connectivity index (χ1) is 8.99. The van der Waals surface area contributed by atoms with Crippen molar-refractivity contribution in [2.24, 2.45) is 0 Å². The number of hydrogen-bond donors (Lipinski definition) is 0. The van der Waals surface area contributed by atoms with Gasteiger partial charge in [-0.05, 0) is 37.0 Å². The molecule has 1 aromatic carbocycles. The van der Waals surface area contributed by atoms with Crippen LogP contribution >= 0.6 is 11.6 Å². The van der Waals surface area contributed by atoms with Gasteiger partial charge in [0.15, 0.2) is 0 Å². The van der Waals surface area contributed by atoms with Crippen LogP contribution in [0.3, 0.4) is 0 Å². The fourth-order valence-electron chi connectivity index (χ4n) is 1.83. The second kappa shape index (κ2) is 5.57. The molecule has 0 amide bonds. The predicted molar refractivity (Wildman–Crippen MR) is 77.1 cm³/mol. The number of rotatable bonds is 3. The minimum atomic E-state index is 0.383. The number of benzene rings is 1. The van der Waals surface area contributed by atoms with Crippen LogP contribution in [0.2, 0.25) is 5.15 Å². The lowest BCUT2D eigenvalue weighted by atomic mass is 10.0. The zero-order valence-corrected chi connectivity index (χ0v) is 12.3. The molecular formula is C15H17ClN2O. The van der Waals surface area contributed by atoms with E-state index in [1.807, 2.05) is 19.9 Å². The van der Waals surface area contributed by atoms with E-state index >= 15 is 0 Å². The highest BCUT2D eigenvalue weighted by atomic mass is 35.5. The molecule has 0 saturated heterocycles. The van der Waals surface area contributed by atoms with Gasteiger partial charge in [0.1, 0.15) is 17.2 Å². The molecule has 0 bridgehead atoms. The Morgan fingerprint density at radius 1 is 1.16 bits per heavy atom. The second-order valence-electron chi connectivity index (χ2n) is 4.89. The van der Waals surface area contributed by atoms with E-state index < -0.39 is 0 Å². The molecule has 0 radical (unpaired) electrons. The summed E-state index contributed by atoms with van der Waals surface area (Å²) in [6.45, 7) is 8.16. The lowest BCUT2D eigenvalue weighted by Gasteiger charge is -2.15. The summed E-state index contributed by atoms with van der Waals surface area (Å²) in [5.74, 6) is 1.72. The van der Waals surface area contributed by atoms with Crippen molar-refractivity contribution in [2.45, 2.75) is 33.6 Å². The van der Waals surface area contributed by atoms with Crippen molar-refractivity contribution in [2.75, 3.05) is 0 Å². The molecule has 0 spiro atoms. The van der Waals surface area contributed by atoms with E-state index in [0.717, 1.165) is 22.4 Å². The Hall–Kier alpha value is -1.61. The molecule has 4 heteroatoms. The van der Waals surface area contributed by atoms with Crippen molar-refractivity contribution in [1.29, 1.82) is 0 Å². The molecule has 0 fully saturated rings. The van der Waals surface area contributed by atoms with Gasteiger partial charge in [0.2, 0.25) is 5.88 Å². The maximum atomic E-state index is 5.98. The summed E-state index contributed by atoms with van der Waals surface area (Å²) < 4.78 is 5.93. The molecule has 0 atom stereocenters. The first-order valence-electron chi connectivity index (χ1n) is 6.24. The van der Waals surface area contributed by atoms with Crippen molar-refractivity contribution in [3.63, 3.8) is 0 Å². The Labute approximate surface area is 118 Å². The van der Waals surface area contributed by atoms with E-state index in [1.54, 1.807) is 0 Å². The molecule has 0 saturated carbocycles. The fourth-order valence-corrected chi connectivity index (χ4v) is 1.95. The highest BCUT2D eigenvalue weighted by Gasteiger charge is 2.12. The van der Waals surface area contributed by atoms with Gasteiger partial charge in [0.25, 0.3) is 0 Å². The molecule has 0 aliphatic heterocycles. The molecule has 0 N–H and O–H groups in total. The number of aryl methyl sites for hydroxylation is 1. The summed E-state index contributed by atoms with van der Waals surface area (Å²) in [4.78, 5) is 8.08. The third-order valence-corrected chi connectivity index (χ3v) is 3.36. The van der Waals surface area contributed by atoms with Crippen molar-refractivity contribution >= 4 is 11.6 Å². The van der Waals surface area contributed by atoms with Crippen LogP contribution in [0, 0.1) is 13.8 Å². The van der Waals surface area contributed by atoms with E-state index in [1.165, 1.54) is 6.33 Å². The van der Waals surface area contributed by atoms with E-state index in [-0.39, 0.29) is 0 Å². The van der Waals surface area contributed by atoms with Gasteiger partial charge in [0.05, 0.1) is 0 Å². The zero-order valence-electron chi connectivity index (χ0n) is 11.6. The lowest BCUT2D eigenvalue weighted by molar-refractivity contribution is 0.449. The average Bonchev–Trinajstić information content (AvgIpc) is 2.35. The molecule has 0 aliphatic carbocycles. The van der Waals surface area contributed by atoms with Crippen LogP contribution in [-0.4, -0.2) is 9.97 Å². The summed E-state index contributed by atoms with van der Waals surface area (Å²) in [5.41, 5.74) is 3.05. The van der Waals surface area contributed by atoms with Crippen LogP contribution in [0.4, 0.5) is 0 Å². The number of nitrogens with zero attached hydrogens (tertiary/aromatic N) is 2. The molecule has 100 valence electrons. The Kier molecular flexibility index (Phi) is 4.05. The SMILES string of the molecule is Cc1ccc(C(C)C)c(Oc2ncnc(Cl)c2C)c1. The van der Waals surface area contributed by atoms with Gasteiger partial charge in [-0.25, -0.2) is 9.97 Å². The zero-order chi connectivity index (χ0) is 14.0. The standard InChI is InChI=1S/C15H17ClN2O/c1-9(2)12-6-5-10(3)7-13(12)19-15-11(4)14(16)17-8-18-15/h5-9H,1-4H3. The van der Waals surface area contributed by atoms with Crippen LogP contribution in [0.5, 0.6) is 11.6 Å². The van der Waals surface area contributed by atoms with Crippen LogP contribution in [0.25, 0.3) is 0 Å². The summed E-state index contributed by atoms with van der Waals surface area (Å²) >= 11 is 5.98. The highest BCUT2D eigenvalue weighted by Crippen LogP contribution is 2.32. The molecule has 0 aliphatic rings. The van der Waals surface area contributed by atoms with Gasteiger partial charge in [-0.1, -0.05) is 37.6 Å². The summed E-state index contributed by atoms with van der Waals surface area (Å²) in [6.07, 6.45) is 1.41. The Morgan fingerprint density at radius 3 is 2.58 bits per heavy atom. The molecular weight excluding hydrogens is 260 g/mol. The van der Waals surface area contributed by atoms with Gasteiger partial charge in [-0.3, -0.25) is 0 Å². The Morgan fingerprint density at radius 2 is 1.89 bits per heavy atom. The smallest absolute Gasteiger partial charge is 0.226 e. The largest absolute Gasteiger partial charge is 0.438 e. The minimum Gasteiger partial charge on any atom is -0.438 e. The fraction of sp³-hybridized carbons (Fsp3) is 0.333. The summed E-state index contributed by atoms with van der Waals surface area (Å²) in [5, 5.41) is 0.420. The number of aromatic nitrogens is 2. The quantitative estimate of drug-likeness (QED) is 0.765. The predicted octanol–water partition coefficient (Wildman–Crippen LogP) is 4.66. The molecule has 19 heavy (non-hydrogen) atoms. The van der Waals surface area contributed by atoms with Gasteiger partial charge in [-0.15, -0.1) is 0 Å². The summed E-state index contributed by atoms with van der Waals surface area (Å²) in [7, 11) is 0. The van der Waals surface area contributed by atoms with Crippen LogP contribution in [0.1, 0.15) is 36.5 Å². The van der Waals surface area contributed by atoms with Gasteiger partial charge < -0.3 is 4.74 Å². The van der Waals surface area contributed by atoms with Gasteiger partial charge in [0, 0.05) is 5.56 Å².